The zero-order chi connectivity index (χ0) is 18.2. The van der Waals surface area contributed by atoms with Crippen LogP contribution in [0.25, 0.3) is 11.5 Å². The van der Waals surface area contributed by atoms with Gasteiger partial charge in [-0.25, -0.2) is 0 Å². The molecule has 0 fully saturated rings. The summed E-state index contributed by atoms with van der Waals surface area (Å²) in [5.74, 6) is 1.76. The number of benzene rings is 2. The zero-order valence-corrected chi connectivity index (χ0v) is 14.6. The summed E-state index contributed by atoms with van der Waals surface area (Å²) in [6, 6.07) is 17.1. The number of carbonyl (C=O) groups is 1. The van der Waals surface area contributed by atoms with Crippen molar-refractivity contribution in [3.63, 3.8) is 0 Å². The predicted octanol–water partition coefficient (Wildman–Crippen LogP) is 3.04. The van der Waals surface area contributed by atoms with E-state index in [2.05, 4.69) is 15.5 Å². The first-order valence-electron chi connectivity index (χ1n) is 8.61. The molecule has 134 valence electrons. The van der Waals surface area contributed by atoms with E-state index in [0.717, 1.165) is 16.9 Å². The molecule has 6 heteroatoms. The Morgan fingerprint density at radius 1 is 1.08 bits per heavy atom. The fourth-order valence-electron chi connectivity index (χ4n) is 2.48. The number of amides is 1. The van der Waals surface area contributed by atoms with E-state index >= 15 is 0 Å². The van der Waals surface area contributed by atoms with Crippen molar-refractivity contribution in [2.45, 2.75) is 19.8 Å². The van der Waals surface area contributed by atoms with Gasteiger partial charge in [-0.2, -0.15) is 0 Å². The highest BCUT2D eigenvalue weighted by molar-refractivity contribution is 5.78. The Labute approximate surface area is 152 Å². The minimum Gasteiger partial charge on any atom is -0.494 e. The van der Waals surface area contributed by atoms with Gasteiger partial charge in [0.2, 0.25) is 17.7 Å². The van der Waals surface area contributed by atoms with Crippen LogP contribution in [0.2, 0.25) is 0 Å². The summed E-state index contributed by atoms with van der Waals surface area (Å²) in [7, 11) is 0. The molecule has 0 aliphatic rings. The van der Waals surface area contributed by atoms with E-state index in [1.165, 1.54) is 0 Å². The number of carbonyl (C=O) groups excluding carboxylic acids is 1. The third kappa shape index (κ3) is 4.92. The number of hydrogen-bond donors (Lipinski definition) is 1. The van der Waals surface area contributed by atoms with Gasteiger partial charge in [-0.1, -0.05) is 30.3 Å². The zero-order valence-electron chi connectivity index (χ0n) is 14.6. The molecule has 0 aliphatic heterocycles. The van der Waals surface area contributed by atoms with Gasteiger partial charge < -0.3 is 14.5 Å². The first-order valence-corrected chi connectivity index (χ1v) is 8.61. The lowest BCUT2D eigenvalue weighted by atomic mass is 10.1. The van der Waals surface area contributed by atoms with Crippen LogP contribution in [0, 0.1) is 0 Å². The van der Waals surface area contributed by atoms with Crippen LogP contribution >= 0.6 is 0 Å². The second kappa shape index (κ2) is 8.80. The third-order valence-electron chi connectivity index (χ3n) is 3.75. The van der Waals surface area contributed by atoms with Crippen molar-refractivity contribution in [1.82, 2.24) is 15.5 Å². The number of nitrogens with zero attached hydrogens (tertiary/aromatic N) is 2. The molecule has 0 saturated carbocycles. The minimum atomic E-state index is -0.0445. The molecule has 3 rings (SSSR count). The number of aromatic nitrogens is 2. The first-order chi connectivity index (χ1) is 12.7. The van der Waals surface area contributed by atoms with Crippen LogP contribution in [0.4, 0.5) is 0 Å². The quantitative estimate of drug-likeness (QED) is 0.675. The predicted molar refractivity (Wildman–Crippen MR) is 97.8 cm³/mol. The van der Waals surface area contributed by atoms with Crippen molar-refractivity contribution < 1.29 is 13.9 Å². The van der Waals surface area contributed by atoms with E-state index in [9.17, 15) is 4.79 Å². The molecule has 3 aromatic rings. The number of ether oxygens (including phenoxy) is 1. The van der Waals surface area contributed by atoms with Crippen molar-refractivity contribution in [3.8, 4) is 17.2 Å². The van der Waals surface area contributed by atoms with E-state index < -0.39 is 0 Å². The molecule has 0 bridgehead atoms. The van der Waals surface area contributed by atoms with Crippen molar-refractivity contribution in [3.05, 3.63) is 66.1 Å². The van der Waals surface area contributed by atoms with Gasteiger partial charge >= 0.3 is 0 Å². The molecule has 0 radical (unpaired) electrons. The second-order valence-corrected chi connectivity index (χ2v) is 5.72. The lowest BCUT2D eigenvalue weighted by Crippen LogP contribution is -2.27. The molecular formula is C20H21N3O3. The Balaban J connectivity index is 1.44. The average Bonchev–Trinajstić information content (AvgIpc) is 3.13. The fraction of sp³-hybridized carbons (Fsp3) is 0.250. The van der Waals surface area contributed by atoms with Gasteiger partial charge in [0, 0.05) is 18.5 Å². The molecule has 0 atom stereocenters. The molecule has 26 heavy (non-hydrogen) atoms. The molecule has 1 N–H and O–H groups in total. The highest BCUT2D eigenvalue weighted by atomic mass is 16.5. The Bertz CT molecular complexity index is 829. The van der Waals surface area contributed by atoms with Crippen LogP contribution < -0.4 is 10.1 Å². The van der Waals surface area contributed by atoms with E-state index in [0.29, 0.717) is 37.8 Å². The molecule has 1 heterocycles. The van der Waals surface area contributed by atoms with Gasteiger partial charge in [0.25, 0.3) is 0 Å². The summed E-state index contributed by atoms with van der Waals surface area (Å²) < 4.78 is 11.0. The van der Waals surface area contributed by atoms with Crippen LogP contribution in [-0.4, -0.2) is 29.3 Å². The Hall–Kier alpha value is -3.15. The largest absolute Gasteiger partial charge is 0.494 e. The summed E-state index contributed by atoms with van der Waals surface area (Å²) >= 11 is 0. The highest BCUT2D eigenvalue weighted by Gasteiger charge is 2.09. The topological polar surface area (TPSA) is 77.2 Å². The standard InChI is InChI=1S/C20H21N3O3/c1-2-25-17-10-8-15(9-11-17)14-18(24)21-13-12-19-22-23-20(26-19)16-6-4-3-5-7-16/h3-11H,2,12-14H2,1H3,(H,21,24). The van der Waals surface area contributed by atoms with Crippen LogP contribution in [-0.2, 0) is 17.6 Å². The van der Waals surface area contributed by atoms with Crippen molar-refractivity contribution >= 4 is 5.91 Å². The van der Waals surface area contributed by atoms with Gasteiger partial charge in [-0.15, -0.1) is 10.2 Å². The first kappa shape index (κ1) is 17.7. The monoisotopic (exact) mass is 351 g/mol. The number of hydrogen-bond acceptors (Lipinski definition) is 5. The smallest absolute Gasteiger partial charge is 0.247 e. The van der Waals surface area contributed by atoms with Crippen molar-refractivity contribution in [2.75, 3.05) is 13.2 Å². The molecule has 2 aromatic carbocycles. The normalized spacial score (nSPS) is 10.5. The van der Waals surface area contributed by atoms with Crippen molar-refractivity contribution in [2.24, 2.45) is 0 Å². The maximum Gasteiger partial charge on any atom is 0.247 e. The van der Waals surface area contributed by atoms with Gasteiger partial charge in [-0.05, 0) is 36.8 Å². The van der Waals surface area contributed by atoms with Crippen LogP contribution in [0.15, 0.2) is 59.0 Å². The fourth-order valence-corrected chi connectivity index (χ4v) is 2.48. The summed E-state index contributed by atoms with van der Waals surface area (Å²) in [4.78, 5) is 12.0. The molecule has 1 amide bonds. The van der Waals surface area contributed by atoms with E-state index in [1.807, 2.05) is 61.5 Å². The van der Waals surface area contributed by atoms with Crippen LogP contribution in [0.3, 0.4) is 0 Å². The summed E-state index contributed by atoms with van der Waals surface area (Å²) in [5, 5.41) is 10.9. The molecule has 0 unspecified atom stereocenters. The van der Waals surface area contributed by atoms with Gasteiger partial charge in [0.05, 0.1) is 13.0 Å². The maximum atomic E-state index is 12.0. The molecule has 0 saturated heterocycles. The SMILES string of the molecule is CCOc1ccc(CC(=O)NCCc2nnc(-c3ccccc3)o2)cc1. The number of nitrogens with one attached hydrogen (secondary N) is 1. The molecule has 0 aliphatic carbocycles. The molecule has 1 aromatic heterocycles. The minimum absolute atomic E-state index is 0.0445. The van der Waals surface area contributed by atoms with E-state index in [1.54, 1.807) is 0 Å². The van der Waals surface area contributed by atoms with Gasteiger partial charge in [0.1, 0.15) is 5.75 Å². The molecule has 0 spiro atoms. The Morgan fingerprint density at radius 3 is 2.58 bits per heavy atom. The summed E-state index contributed by atoms with van der Waals surface area (Å²) in [5.41, 5.74) is 1.82. The average molecular weight is 351 g/mol. The van der Waals surface area contributed by atoms with Gasteiger partial charge in [0.15, 0.2) is 0 Å². The lowest BCUT2D eigenvalue weighted by Gasteiger charge is -2.06. The van der Waals surface area contributed by atoms with E-state index in [4.69, 9.17) is 9.15 Å². The number of rotatable bonds is 8. The Morgan fingerprint density at radius 2 is 1.85 bits per heavy atom. The van der Waals surface area contributed by atoms with Crippen LogP contribution in [0.5, 0.6) is 5.75 Å². The van der Waals surface area contributed by atoms with Crippen LogP contribution in [0.1, 0.15) is 18.4 Å². The van der Waals surface area contributed by atoms with E-state index in [-0.39, 0.29) is 5.91 Å². The van der Waals surface area contributed by atoms with Crippen molar-refractivity contribution in [1.29, 1.82) is 0 Å². The molecular weight excluding hydrogens is 330 g/mol. The maximum absolute atomic E-state index is 12.0. The summed E-state index contributed by atoms with van der Waals surface area (Å²) in [6.45, 7) is 3.02. The summed E-state index contributed by atoms with van der Waals surface area (Å²) in [6.07, 6.45) is 0.820. The second-order valence-electron chi connectivity index (χ2n) is 5.72. The molecule has 6 nitrogen and oxygen atoms in total. The van der Waals surface area contributed by atoms with Gasteiger partial charge in [-0.3, -0.25) is 4.79 Å². The Kier molecular flexibility index (Phi) is 5.98. The lowest BCUT2D eigenvalue weighted by molar-refractivity contribution is -0.120. The third-order valence-corrected chi connectivity index (χ3v) is 3.75. The highest BCUT2D eigenvalue weighted by Crippen LogP contribution is 2.17.